The Bertz CT molecular complexity index is 412. The number of hydrogen-bond donors (Lipinski definition) is 2. The van der Waals surface area contributed by atoms with Gasteiger partial charge in [0.15, 0.2) is 0 Å². The monoisotopic (exact) mass is 317 g/mol. The summed E-state index contributed by atoms with van der Waals surface area (Å²) in [4.78, 5) is 11.2. The lowest BCUT2D eigenvalue weighted by Gasteiger charge is -2.13. The van der Waals surface area contributed by atoms with E-state index in [2.05, 4.69) is 15.9 Å². The minimum absolute atomic E-state index is 0.332. The number of nitrogens with two attached hydrogens (primary N) is 1. The third kappa shape index (κ3) is 4.74. The lowest BCUT2D eigenvalue weighted by molar-refractivity contribution is -0.142. The van der Waals surface area contributed by atoms with Crippen LogP contribution in [0.1, 0.15) is 24.8 Å². The number of hydrogen-bond acceptors (Lipinski definition) is 2. The van der Waals surface area contributed by atoms with E-state index in [1.54, 1.807) is 6.07 Å². The molecule has 0 amide bonds. The van der Waals surface area contributed by atoms with Crippen LogP contribution in [0.4, 0.5) is 4.39 Å². The molecule has 1 aromatic rings. The van der Waals surface area contributed by atoms with Gasteiger partial charge in [-0.25, -0.2) is 4.39 Å². The molecule has 0 fully saturated rings. The fraction of sp³-hybridized carbons (Fsp3) is 0.462. The largest absolute Gasteiger partial charge is 0.481 e. The van der Waals surface area contributed by atoms with Gasteiger partial charge in [0, 0.05) is 4.47 Å². The molecule has 1 aromatic carbocycles. The zero-order chi connectivity index (χ0) is 13.5. The molecular formula is C13H17BrFNO2. The number of carboxylic acid groups (broad SMARTS) is 1. The Balaban J connectivity index is 2.70. The van der Waals surface area contributed by atoms with Crippen LogP contribution in [0.3, 0.4) is 0 Å². The van der Waals surface area contributed by atoms with Crippen LogP contribution in [0.25, 0.3) is 0 Å². The molecule has 3 N–H and O–H groups in total. The predicted octanol–water partition coefficient (Wildman–Crippen LogP) is 2.96. The van der Waals surface area contributed by atoms with Gasteiger partial charge in [0.05, 0.1) is 5.92 Å². The van der Waals surface area contributed by atoms with E-state index in [1.165, 1.54) is 12.1 Å². The third-order valence-corrected chi connectivity index (χ3v) is 3.60. The van der Waals surface area contributed by atoms with Crippen molar-refractivity contribution >= 4 is 21.9 Å². The summed E-state index contributed by atoms with van der Waals surface area (Å²) in [5.41, 5.74) is 6.07. The number of carboxylic acids is 1. The molecule has 1 unspecified atom stereocenters. The van der Waals surface area contributed by atoms with E-state index in [0.717, 1.165) is 17.3 Å². The number of carbonyl (C=O) groups is 1. The Morgan fingerprint density at radius 3 is 2.78 bits per heavy atom. The van der Waals surface area contributed by atoms with E-state index in [1.807, 2.05) is 0 Å². The highest BCUT2D eigenvalue weighted by Crippen LogP contribution is 2.23. The van der Waals surface area contributed by atoms with Gasteiger partial charge < -0.3 is 10.8 Å². The number of unbranched alkanes of at least 4 members (excludes halogenated alkanes) is 1. The second-order valence-electron chi connectivity index (χ2n) is 4.26. The van der Waals surface area contributed by atoms with Gasteiger partial charge in [0.2, 0.25) is 0 Å². The van der Waals surface area contributed by atoms with Crippen molar-refractivity contribution in [2.24, 2.45) is 11.7 Å². The smallest absolute Gasteiger partial charge is 0.306 e. The fourth-order valence-corrected chi connectivity index (χ4v) is 2.22. The van der Waals surface area contributed by atoms with Crippen molar-refractivity contribution < 1.29 is 14.3 Å². The van der Waals surface area contributed by atoms with Crippen LogP contribution in [0.15, 0.2) is 22.7 Å². The summed E-state index contributed by atoms with van der Waals surface area (Å²) in [5, 5.41) is 9.15. The summed E-state index contributed by atoms with van der Waals surface area (Å²) < 4.78 is 13.9. The number of aliphatic carboxylic acids is 1. The maximum absolute atomic E-state index is 13.1. The van der Waals surface area contributed by atoms with Crippen molar-refractivity contribution in [3.63, 3.8) is 0 Å². The average molecular weight is 318 g/mol. The van der Waals surface area contributed by atoms with E-state index in [0.29, 0.717) is 24.9 Å². The summed E-state index contributed by atoms with van der Waals surface area (Å²) in [6.07, 6.45) is 2.49. The van der Waals surface area contributed by atoms with E-state index >= 15 is 0 Å². The van der Waals surface area contributed by atoms with Crippen molar-refractivity contribution in [3.8, 4) is 0 Å². The van der Waals surface area contributed by atoms with Crippen LogP contribution in [0.2, 0.25) is 0 Å². The standard InChI is InChI=1S/C13H17BrFNO2/c14-12-5-4-11(15)8-10(12)7-9(13(17)18)3-1-2-6-16/h4-5,8-9H,1-3,6-7,16H2,(H,17,18). The summed E-state index contributed by atoms with van der Waals surface area (Å²) in [6.45, 7) is 0.565. The van der Waals surface area contributed by atoms with E-state index in [4.69, 9.17) is 10.8 Å². The first-order chi connectivity index (χ1) is 8.54. The van der Waals surface area contributed by atoms with E-state index < -0.39 is 11.9 Å². The molecule has 0 bridgehead atoms. The molecule has 0 spiro atoms. The van der Waals surface area contributed by atoms with Crippen molar-refractivity contribution in [3.05, 3.63) is 34.1 Å². The van der Waals surface area contributed by atoms with Gasteiger partial charge in [-0.1, -0.05) is 22.4 Å². The zero-order valence-electron chi connectivity index (χ0n) is 10.0. The minimum atomic E-state index is -0.844. The van der Waals surface area contributed by atoms with Crippen LogP contribution in [-0.4, -0.2) is 17.6 Å². The summed E-state index contributed by atoms with van der Waals surface area (Å²) in [7, 11) is 0. The molecule has 0 aromatic heterocycles. The minimum Gasteiger partial charge on any atom is -0.481 e. The second-order valence-corrected chi connectivity index (χ2v) is 5.11. The molecule has 100 valence electrons. The fourth-order valence-electron chi connectivity index (χ4n) is 1.81. The molecule has 0 aliphatic rings. The maximum Gasteiger partial charge on any atom is 0.306 e. The Labute approximate surface area is 114 Å². The Morgan fingerprint density at radius 1 is 1.44 bits per heavy atom. The first-order valence-corrected chi connectivity index (χ1v) is 6.70. The highest BCUT2D eigenvalue weighted by Gasteiger charge is 2.19. The van der Waals surface area contributed by atoms with Crippen molar-refractivity contribution in [1.29, 1.82) is 0 Å². The van der Waals surface area contributed by atoms with Crippen LogP contribution in [0.5, 0.6) is 0 Å². The summed E-state index contributed by atoms with van der Waals surface area (Å²) in [6, 6.07) is 4.32. The van der Waals surface area contributed by atoms with Gasteiger partial charge in [-0.05, 0) is 49.6 Å². The molecule has 5 heteroatoms. The number of benzene rings is 1. The van der Waals surface area contributed by atoms with Crippen LogP contribution in [-0.2, 0) is 11.2 Å². The topological polar surface area (TPSA) is 63.3 Å². The Hall–Kier alpha value is -0.940. The number of halogens is 2. The van der Waals surface area contributed by atoms with Crippen LogP contribution in [0, 0.1) is 11.7 Å². The maximum atomic E-state index is 13.1. The quantitative estimate of drug-likeness (QED) is 0.760. The van der Waals surface area contributed by atoms with Crippen molar-refractivity contribution in [2.75, 3.05) is 6.54 Å². The molecule has 3 nitrogen and oxygen atoms in total. The Morgan fingerprint density at radius 2 is 2.17 bits per heavy atom. The Kier molecular flexibility index (Phi) is 6.29. The SMILES string of the molecule is NCCCCC(Cc1cc(F)ccc1Br)C(=O)O. The highest BCUT2D eigenvalue weighted by atomic mass is 79.9. The molecular weight excluding hydrogens is 301 g/mol. The normalized spacial score (nSPS) is 12.4. The van der Waals surface area contributed by atoms with Crippen LogP contribution >= 0.6 is 15.9 Å². The first-order valence-electron chi connectivity index (χ1n) is 5.91. The van der Waals surface area contributed by atoms with Gasteiger partial charge in [-0.2, -0.15) is 0 Å². The zero-order valence-corrected chi connectivity index (χ0v) is 11.6. The molecule has 18 heavy (non-hydrogen) atoms. The highest BCUT2D eigenvalue weighted by molar-refractivity contribution is 9.10. The summed E-state index contributed by atoms with van der Waals surface area (Å²) in [5.74, 6) is -1.68. The van der Waals surface area contributed by atoms with E-state index in [9.17, 15) is 9.18 Å². The molecule has 0 aliphatic heterocycles. The average Bonchev–Trinajstić information content (AvgIpc) is 2.32. The van der Waals surface area contributed by atoms with Gasteiger partial charge in [0.1, 0.15) is 5.82 Å². The summed E-state index contributed by atoms with van der Waals surface area (Å²) >= 11 is 3.31. The van der Waals surface area contributed by atoms with Gasteiger partial charge in [-0.15, -0.1) is 0 Å². The van der Waals surface area contributed by atoms with E-state index in [-0.39, 0.29) is 5.82 Å². The molecule has 0 radical (unpaired) electrons. The van der Waals surface area contributed by atoms with Gasteiger partial charge in [-0.3, -0.25) is 4.79 Å². The lowest BCUT2D eigenvalue weighted by Crippen LogP contribution is -2.17. The van der Waals surface area contributed by atoms with Crippen molar-refractivity contribution in [2.45, 2.75) is 25.7 Å². The predicted molar refractivity (Wildman–Crippen MR) is 71.8 cm³/mol. The molecule has 0 saturated carbocycles. The third-order valence-electron chi connectivity index (χ3n) is 2.83. The first kappa shape index (κ1) is 15.1. The second kappa shape index (κ2) is 7.48. The molecule has 1 atom stereocenters. The molecule has 0 aliphatic carbocycles. The molecule has 0 heterocycles. The molecule has 1 rings (SSSR count). The molecule has 0 saturated heterocycles. The van der Waals surface area contributed by atoms with Gasteiger partial charge in [0.25, 0.3) is 0 Å². The lowest BCUT2D eigenvalue weighted by atomic mass is 9.94. The van der Waals surface area contributed by atoms with Gasteiger partial charge >= 0.3 is 5.97 Å². The number of rotatable bonds is 7. The van der Waals surface area contributed by atoms with Crippen molar-refractivity contribution in [1.82, 2.24) is 0 Å². The van der Waals surface area contributed by atoms with Crippen LogP contribution < -0.4 is 5.73 Å².